The van der Waals surface area contributed by atoms with E-state index in [4.69, 9.17) is 11.6 Å². The third-order valence-corrected chi connectivity index (χ3v) is 7.18. The van der Waals surface area contributed by atoms with E-state index >= 15 is 0 Å². The van der Waals surface area contributed by atoms with Crippen LogP contribution in [0.25, 0.3) is 22.4 Å². The molecule has 1 amide bonds. The van der Waals surface area contributed by atoms with Crippen molar-refractivity contribution in [3.8, 4) is 22.4 Å². The van der Waals surface area contributed by atoms with Crippen LogP contribution in [0.15, 0.2) is 114 Å². The van der Waals surface area contributed by atoms with Crippen molar-refractivity contribution in [1.29, 1.82) is 0 Å². The first-order chi connectivity index (χ1) is 19.0. The Morgan fingerprint density at radius 3 is 2.33 bits per heavy atom. The monoisotopic (exact) mass is 540 g/mol. The average molecular weight is 541 g/mol. The maximum atomic E-state index is 13.9. The molecule has 0 spiro atoms. The molecule has 198 valence electrons. The van der Waals surface area contributed by atoms with Crippen molar-refractivity contribution in [1.82, 2.24) is 15.1 Å². The van der Waals surface area contributed by atoms with E-state index in [0.717, 1.165) is 35.3 Å². The molecule has 1 aliphatic carbocycles. The van der Waals surface area contributed by atoms with Gasteiger partial charge in [-0.2, -0.15) is 5.10 Å². The number of benzene rings is 3. The van der Waals surface area contributed by atoms with Gasteiger partial charge in [-0.05, 0) is 48.3 Å². The fourth-order valence-corrected chi connectivity index (χ4v) is 4.98. The van der Waals surface area contributed by atoms with Crippen LogP contribution in [0, 0.1) is 0 Å². The summed E-state index contributed by atoms with van der Waals surface area (Å²) in [6.07, 6.45) is 5.87. The first kappa shape index (κ1) is 26.4. The van der Waals surface area contributed by atoms with E-state index in [0.29, 0.717) is 24.2 Å². The van der Waals surface area contributed by atoms with Gasteiger partial charge in [-0.15, -0.1) is 0 Å². The fraction of sp³-hybridized carbons (Fsp3) is 0.188. The van der Waals surface area contributed by atoms with Gasteiger partial charge in [-0.3, -0.25) is 9.48 Å². The SMILES string of the molecule is CN(CCCNC(=O)c1cnn(C2C=C(Cl)C(F)=CC2)c1-c1ccc(-c2ccccc2)cc1)c1ccccc1. The summed E-state index contributed by atoms with van der Waals surface area (Å²) >= 11 is 6.12. The Labute approximate surface area is 233 Å². The number of aromatic nitrogens is 2. The summed E-state index contributed by atoms with van der Waals surface area (Å²) in [7, 11) is 2.04. The lowest BCUT2D eigenvalue weighted by atomic mass is 10.0. The lowest BCUT2D eigenvalue weighted by molar-refractivity contribution is 0.0954. The van der Waals surface area contributed by atoms with Crippen molar-refractivity contribution in [3.63, 3.8) is 0 Å². The van der Waals surface area contributed by atoms with Gasteiger partial charge in [0.05, 0.1) is 28.5 Å². The van der Waals surface area contributed by atoms with Crippen molar-refractivity contribution in [2.45, 2.75) is 18.9 Å². The summed E-state index contributed by atoms with van der Waals surface area (Å²) in [5, 5.41) is 7.68. The molecule has 0 fully saturated rings. The van der Waals surface area contributed by atoms with Gasteiger partial charge in [0.1, 0.15) is 5.83 Å². The largest absolute Gasteiger partial charge is 0.375 e. The molecular formula is C32H30ClFN4O. The lowest BCUT2D eigenvalue weighted by Gasteiger charge is -2.20. The van der Waals surface area contributed by atoms with Gasteiger partial charge in [0, 0.05) is 31.4 Å². The summed E-state index contributed by atoms with van der Waals surface area (Å²) in [6.45, 7) is 1.33. The Bertz CT molecular complexity index is 1480. The smallest absolute Gasteiger partial charge is 0.255 e. The number of amides is 1. The van der Waals surface area contributed by atoms with E-state index in [1.54, 1.807) is 17.0 Å². The molecule has 0 saturated carbocycles. The molecule has 3 aromatic carbocycles. The van der Waals surface area contributed by atoms with Gasteiger partial charge in [0.25, 0.3) is 5.91 Å². The predicted molar refractivity (Wildman–Crippen MR) is 157 cm³/mol. The maximum absolute atomic E-state index is 13.9. The van der Waals surface area contributed by atoms with Crippen LogP contribution < -0.4 is 10.2 Å². The van der Waals surface area contributed by atoms with Crippen molar-refractivity contribution in [3.05, 3.63) is 120 Å². The molecular weight excluding hydrogens is 511 g/mol. The molecule has 7 heteroatoms. The van der Waals surface area contributed by atoms with E-state index in [-0.39, 0.29) is 17.0 Å². The molecule has 0 bridgehead atoms. The minimum Gasteiger partial charge on any atom is -0.375 e. The van der Waals surface area contributed by atoms with Gasteiger partial charge in [0.15, 0.2) is 0 Å². The molecule has 39 heavy (non-hydrogen) atoms. The quantitative estimate of drug-likeness (QED) is 0.225. The van der Waals surface area contributed by atoms with E-state index in [1.807, 2.05) is 67.7 Å². The normalized spacial score (nSPS) is 14.9. The Balaban J connectivity index is 1.36. The highest BCUT2D eigenvalue weighted by atomic mass is 35.5. The molecule has 4 aromatic rings. The zero-order valence-corrected chi connectivity index (χ0v) is 22.5. The van der Waals surface area contributed by atoms with E-state index < -0.39 is 5.83 Å². The second-order valence-electron chi connectivity index (χ2n) is 9.53. The maximum Gasteiger partial charge on any atom is 0.255 e. The fourth-order valence-electron chi connectivity index (χ4n) is 4.75. The van der Waals surface area contributed by atoms with Gasteiger partial charge in [0.2, 0.25) is 0 Å². The first-order valence-electron chi connectivity index (χ1n) is 13.0. The molecule has 1 atom stereocenters. The molecule has 1 unspecified atom stereocenters. The van der Waals surface area contributed by atoms with Crippen molar-refractivity contribution < 1.29 is 9.18 Å². The molecule has 1 heterocycles. The van der Waals surface area contributed by atoms with Gasteiger partial charge in [-0.1, -0.05) is 84.4 Å². The van der Waals surface area contributed by atoms with E-state index in [2.05, 4.69) is 39.6 Å². The number of para-hydroxylation sites is 1. The molecule has 0 radical (unpaired) electrons. The summed E-state index contributed by atoms with van der Waals surface area (Å²) in [4.78, 5) is 15.5. The first-order valence-corrected chi connectivity index (χ1v) is 13.4. The third-order valence-electron chi connectivity index (χ3n) is 6.88. The number of nitrogens with one attached hydrogen (secondary N) is 1. The summed E-state index contributed by atoms with van der Waals surface area (Å²) < 4.78 is 15.7. The number of halogens is 2. The zero-order chi connectivity index (χ0) is 27.2. The minimum absolute atomic E-state index is 0.0562. The molecule has 1 aliphatic rings. The summed E-state index contributed by atoms with van der Waals surface area (Å²) in [5.41, 5.74) is 5.31. The number of anilines is 1. The third kappa shape index (κ3) is 6.13. The number of rotatable bonds is 9. The van der Waals surface area contributed by atoms with E-state index in [1.165, 1.54) is 6.08 Å². The van der Waals surface area contributed by atoms with Crippen molar-refractivity contribution >= 4 is 23.2 Å². The Morgan fingerprint density at radius 1 is 1.00 bits per heavy atom. The van der Waals surface area contributed by atoms with Crippen LogP contribution in [0.5, 0.6) is 0 Å². The Kier molecular flexibility index (Phi) is 8.23. The molecule has 1 N–H and O–H groups in total. The van der Waals surface area contributed by atoms with Gasteiger partial charge in [-0.25, -0.2) is 4.39 Å². The highest BCUT2D eigenvalue weighted by molar-refractivity contribution is 6.31. The molecule has 5 nitrogen and oxygen atoms in total. The number of carbonyl (C=O) groups excluding carboxylic acids is 1. The second-order valence-corrected chi connectivity index (χ2v) is 9.94. The minimum atomic E-state index is -0.438. The highest BCUT2D eigenvalue weighted by Gasteiger charge is 2.25. The summed E-state index contributed by atoms with van der Waals surface area (Å²) in [5.74, 6) is -0.634. The van der Waals surface area contributed by atoms with Crippen molar-refractivity contribution in [2.75, 3.05) is 25.0 Å². The van der Waals surface area contributed by atoms with Gasteiger partial charge < -0.3 is 10.2 Å². The predicted octanol–water partition coefficient (Wildman–Crippen LogP) is 7.39. The highest BCUT2D eigenvalue weighted by Crippen LogP contribution is 2.35. The van der Waals surface area contributed by atoms with Gasteiger partial charge >= 0.3 is 0 Å². The number of hydrogen-bond donors (Lipinski definition) is 1. The van der Waals surface area contributed by atoms with Crippen LogP contribution in [-0.2, 0) is 0 Å². The number of carbonyl (C=O) groups is 1. The van der Waals surface area contributed by atoms with Crippen LogP contribution in [0.1, 0.15) is 29.2 Å². The molecule has 0 saturated heterocycles. The topological polar surface area (TPSA) is 50.2 Å². The zero-order valence-electron chi connectivity index (χ0n) is 21.7. The van der Waals surface area contributed by atoms with Crippen LogP contribution in [-0.4, -0.2) is 35.8 Å². The second kappa shape index (κ2) is 12.1. The standard InChI is InChI=1S/C32H30ClFN4O/c1-37(26-11-6-3-7-12-26)20-8-19-35-32(39)28-22-36-38(27-17-18-30(34)29(33)21-27)31(28)25-15-13-24(14-16-25)23-9-4-2-5-10-23/h2-7,9-16,18,21-22,27H,8,17,19-20H2,1H3,(H,35,39). The Hall–Kier alpha value is -4.16. The molecule has 1 aromatic heterocycles. The van der Waals surface area contributed by atoms with Crippen LogP contribution in [0.3, 0.4) is 0 Å². The Morgan fingerprint density at radius 2 is 1.64 bits per heavy atom. The van der Waals surface area contributed by atoms with Crippen molar-refractivity contribution in [2.24, 2.45) is 0 Å². The van der Waals surface area contributed by atoms with Crippen LogP contribution in [0.2, 0.25) is 0 Å². The van der Waals surface area contributed by atoms with Crippen LogP contribution in [0.4, 0.5) is 10.1 Å². The number of nitrogens with zero attached hydrogens (tertiary/aromatic N) is 3. The molecule has 5 rings (SSSR count). The summed E-state index contributed by atoms with van der Waals surface area (Å²) in [6, 6.07) is 28.0. The van der Waals surface area contributed by atoms with E-state index in [9.17, 15) is 9.18 Å². The number of hydrogen-bond acceptors (Lipinski definition) is 3. The average Bonchev–Trinajstić information content (AvgIpc) is 3.43. The number of allylic oxidation sites excluding steroid dienone is 4. The van der Waals surface area contributed by atoms with Crippen LogP contribution >= 0.6 is 11.6 Å². The molecule has 0 aliphatic heterocycles. The lowest BCUT2D eigenvalue weighted by Crippen LogP contribution is -2.28.